The predicted molar refractivity (Wildman–Crippen MR) is 572 cm³/mol. The second-order valence-corrected chi connectivity index (χ2v) is 38.6. The third-order valence-electron chi connectivity index (χ3n) is 26.8. The van der Waals surface area contributed by atoms with Crippen LogP contribution in [0.2, 0.25) is 0 Å². The van der Waals surface area contributed by atoms with Crippen molar-refractivity contribution in [3.05, 3.63) is 396 Å². The molecule has 0 N–H and O–H groups in total. The number of pyridine rings is 3. The molecule has 0 saturated heterocycles. The van der Waals surface area contributed by atoms with Crippen LogP contribution in [0.3, 0.4) is 0 Å². The minimum atomic E-state index is 0. The van der Waals surface area contributed by atoms with Gasteiger partial charge >= 0.3 is 63.2 Å². The second kappa shape index (κ2) is 45.0. The summed E-state index contributed by atoms with van der Waals surface area (Å²) in [5.74, 6) is 8.68. The molecule has 1 atom stereocenters. The fourth-order valence-electron chi connectivity index (χ4n) is 19.7. The van der Waals surface area contributed by atoms with Crippen LogP contribution in [0, 0.1) is 83.9 Å². The number of benzene rings is 12. The molecule has 21 rings (SSSR count). The Labute approximate surface area is 883 Å². The monoisotopic (exact) mass is 2420 g/mol. The first kappa shape index (κ1) is 102. The summed E-state index contributed by atoms with van der Waals surface area (Å²) in [4.78, 5) is 14.3. The molecular weight excluding hydrogens is 2300 g/mol. The molecule has 726 valence electrons. The van der Waals surface area contributed by atoms with Gasteiger partial charge in [0.05, 0.1) is 18.6 Å². The number of hydrogen-bond acceptors (Lipinski definition) is 9. The predicted octanol–water partition coefficient (Wildman–Crippen LogP) is 32.3. The Kier molecular flexibility index (Phi) is 32.3. The fraction of sp³-hybridized carbons (Fsp3) is 0.232. The summed E-state index contributed by atoms with van der Waals surface area (Å²) in [7, 11) is 0. The van der Waals surface area contributed by atoms with Crippen LogP contribution in [0.25, 0.3) is 133 Å². The molecule has 0 spiro atoms. The Morgan fingerprint density at radius 3 is 0.930 bits per heavy atom. The van der Waals surface area contributed by atoms with E-state index in [2.05, 4.69) is 350 Å². The van der Waals surface area contributed by atoms with Gasteiger partial charge < -0.3 is 27.9 Å². The fourth-order valence-corrected chi connectivity index (χ4v) is 19.7. The van der Waals surface area contributed by atoms with E-state index in [1.807, 2.05) is 124 Å². The first-order valence-electron chi connectivity index (χ1n) is 49.3. The average molecular weight is 2420 g/mol. The van der Waals surface area contributed by atoms with Crippen LogP contribution in [0.5, 0.6) is 34.5 Å². The van der Waals surface area contributed by atoms with Gasteiger partial charge in [-0.3, -0.25) is 14.0 Å². The molecule has 21 aromatic rings. The summed E-state index contributed by atoms with van der Waals surface area (Å²) < 4.78 is 31.3. The van der Waals surface area contributed by atoms with Gasteiger partial charge in [0.1, 0.15) is 17.5 Å². The van der Waals surface area contributed by atoms with Crippen molar-refractivity contribution >= 4 is 65.4 Å². The minimum absolute atomic E-state index is 0. The summed E-state index contributed by atoms with van der Waals surface area (Å²) in [5, 5.41) is 20.9. The number of para-hydroxylation sites is 3. The van der Waals surface area contributed by atoms with E-state index in [1.54, 1.807) is 0 Å². The van der Waals surface area contributed by atoms with Crippen LogP contribution < -0.4 is 14.2 Å². The van der Waals surface area contributed by atoms with Gasteiger partial charge in [0, 0.05) is 105 Å². The van der Waals surface area contributed by atoms with Crippen LogP contribution in [-0.2, 0) is 76.0 Å². The van der Waals surface area contributed by atoms with Crippen molar-refractivity contribution in [1.29, 1.82) is 0 Å². The number of unbranched alkanes of at least 4 members (excludes halogenated alkanes) is 1. The zero-order valence-corrected chi connectivity index (χ0v) is 90.9. The Bertz CT molecular complexity index is 8070. The normalized spacial score (nSPS) is 11.6. The van der Waals surface area contributed by atoms with Gasteiger partial charge in [0.2, 0.25) is 0 Å². The third kappa shape index (κ3) is 22.1. The van der Waals surface area contributed by atoms with Gasteiger partial charge in [-0.15, -0.1) is 107 Å². The molecule has 143 heavy (non-hydrogen) atoms. The van der Waals surface area contributed by atoms with Crippen LogP contribution in [0.15, 0.2) is 292 Å². The standard InChI is InChI=1S/2C42H40N4O.C41H38N4O.3Pt/c1-27(2)14-15-31-20-29(5)42(30(6)21-31)33-25-44-45(26-33)34-10-9-11-35(23-34)47-36-16-17-38-37-12-7-8-13-39(37)46(40(38)24-36)41-22-32(28(3)4)18-19-43-41;1-7-11-28(4)32-20-29(5)42(30(6)21-32)33-25-44-45(26-33)34-12-10-13-35(23-34)47-36-16-17-38-37-14-8-9-15-39(37)46(40(38)24-36)41-22-31(27(2)3)18-19-43-41;1-6-7-11-30-20-28(4)41(29(5)21-30)32-25-43-44(26-32)33-12-10-13-34(23-33)46-35-16-17-37-36-14-8-9-15-38(36)45(39(37)24-35)40-22-31(27(2)3)18-19-42-40;;;/h7-13,16-22,25-28H,14-15H2,1-6H3;8-10,12-22,25-28H,7,11H2,1-6H3;8-10,12-22,25-27H,6-7,11H2,1-5H3;;;/q3*-2;3*+2. The van der Waals surface area contributed by atoms with Crippen LogP contribution in [-0.4, -0.2) is 58.0 Å². The summed E-state index contributed by atoms with van der Waals surface area (Å²) >= 11 is 0. The number of aryl methyl sites for hydroxylation is 8. The zero-order valence-electron chi connectivity index (χ0n) is 84.1. The Morgan fingerprint density at radius 1 is 0.301 bits per heavy atom. The molecule has 15 nitrogen and oxygen atoms in total. The van der Waals surface area contributed by atoms with Gasteiger partial charge in [0.15, 0.2) is 0 Å². The van der Waals surface area contributed by atoms with E-state index in [1.165, 1.54) is 116 Å². The topological polar surface area (TPSA) is 135 Å². The molecule has 18 heteroatoms. The average Bonchev–Trinajstić information content (AvgIpc) is 1.60. The summed E-state index contributed by atoms with van der Waals surface area (Å²) in [6.07, 6.45) is 25.9. The van der Waals surface area contributed by atoms with E-state index in [0.29, 0.717) is 64.1 Å². The van der Waals surface area contributed by atoms with Crippen molar-refractivity contribution in [1.82, 2.24) is 58.0 Å². The van der Waals surface area contributed by atoms with Gasteiger partial charge in [0.25, 0.3) is 0 Å². The maximum atomic E-state index is 6.40. The molecule has 1 unspecified atom stereocenters. The van der Waals surface area contributed by atoms with E-state index in [4.69, 9.17) is 44.5 Å². The van der Waals surface area contributed by atoms with Gasteiger partial charge in [-0.2, -0.15) is 51.7 Å². The van der Waals surface area contributed by atoms with Crippen molar-refractivity contribution in [3.8, 4) is 102 Å². The van der Waals surface area contributed by atoms with Gasteiger partial charge in [-0.05, 0) is 275 Å². The van der Waals surface area contributed by atoms with E-state index in [9.17, 15) is 0 Å². The molecule has 9 heterocycles. The number of ether oxygens (including phenoxy) is 3. The maximum absolute atomic E-state index is 6.40. The molecular formula is C125H118N12O3Pt3. The summed E-state index contributed by atoms with van der Waals surface area (Å²) in [6, 6.07) is 103. The van der Waals surface area contributed by atoms with Crippen LogP contribution in [0.1, 0.15) is 199 Å². The number of aromatic nitrogens is 12. The first-order chi connectivity index (χ1) is 67.9. The SMILES string of the molecule is CCCC(C)c1cc(C)c(-c2cnn(-c3[c-]c(Oc4[c-]c5c(cc4)c4ccccc4n5-c4cc(C(C)C)ccn4)ccc3)c2)c(C)c1.CCCCc1cc(C)c(-c2cnn(-c3[c-]c(Oc4[c-]c5c(cc4)c4ccccc4n5-c4cc(C(C)C)ccn4)ccc3)c2)c(C)c1.Cc1cc(CCC(C)C)cc(C)c1-c1cnn(-c2[c-]c(Oc3[c-]c4c(cc3)c3ccccc3n4-c3cc(C(C)C)ccn3)ccc2)c1.[Pt+2].[Pt+2].[Pt+2]. The molecule has 0 amide bonds. The van der Waals surface area contributed by atoms with Crippen LogP contribution >= 0.6 is 0 Å². The second-order valence-electron chi connectivity index (χ2n) is 38.6. The van der Waals surface area contributed by atoms with Crippen molar-refractivity contribution in [2.24, 2.45) is 5.92 Å². The number of hydrogen-bond donors (Lipinski definition) is 0. The van der Waals surface area contributed by atoms with Crippen LogP contribution in [0.4, 0.5) is 0 Å². The third-order valence-corrected chi connectivity index (χ3v) is 26.8. The molecule has 0 fully saturated rings. The van der Waals surface area contributed by atoms with E-state index < -0.39 is 0 Å². The van der Waals surface area contributed by atoms with Crippen molar-refractivity contribution in [3.63, 3.8) is 0 Å². The number of rotatable bonds is 27. The zero-order chi connectivity index (χ0) is 97.1. The molecule has 0 aliphatic carbocycles. The maximum Gasteiger partial charge on any atom is 2.00 e. The van der Waals surface area contributed by atoms with Gasteiger partial charge in [-0.1, -0.05) is 197 Å². The molecule has 9 aromatic heterocycles. The van der Waals surface area contributed by atoms with E-state index >= 15 is 0 Å². The Morgan fingerprint density at radius 2 is 0.615 bits per heavy atom. The van der Waals surface area contributed by atoms with E-state index in [-0.39, 0.29) is 63.2 Å². The molecule has 0 aliphatic rings. The molecule has 0 saturated carbocycles. The van der Waals surface area contributed by atoms with Crippen molar-refractivity contribution in [2.75, 3.05) is 0 Å². The Balaban J connectivity index is 0.000000152. The van der Waals surface area contributed by atoms with Crippen molar-refractivity contribution < 1.29 is 77.4 Å². The Hall–Kier alpha value is -13.4. The molecule has 0 bridgehead atoms. The first-order valence-corrected chi connectivity index (χ1v) is 49.3. The quantitative estimate of drug-likeness (QED) is 0.0461. The smallest absolute Gasteiger partial charge is 0.509 e. The van der Waals surface area contributed by atoms with Gasteiger partial charge in [-0.25, -0.2) is 15.0 Å². The van der Waals surface area contributed by atoms with Crippen molar-refractivity contribution in [2.45, 2.75) is 186 Å². The summed E-state index contributed by atoms with van der Waals surface area (Å²) in [5.41, 5.74) is 31.1. The number of fused-ring (bicyclic) bond motifs is 9. The van der Waals surface area contributed by atoms with E-state index in [0.717, 1.165) is 129 Å². The molecule has 0 aliphatic heterocycles. The number of nitrogens with zero attached hydrogens (tertiary/aromatic N) is 12. The molecule has 12 aromatic carbocycles. The largest absolute Gasteiger partial charge is 2.00 e. The minimum Gasteiger partial charge on any atom is -0.509 e. The summed E-state index contributed by atoms with van der Waals surface area (Å²) in [6.45, 7) is 37.7. The molecule has 0 radical (unpaired) electrons.